The molecule has 1 fully saturated rings. The highest BCUT2D eigenvalue weighted by atomic mass is 32.1. The predicted octanol–water partition coefficient (Wildman–Crippen LogP) is 4.11. The average molecular weight is 295 g/mol. The quantitative estimate of drug-likeness (QED) is 0.849. The second kappa shape index (κ2) is 7.58. The number of piperidine rings is 1. The molecule has 0 bridgehead atoms. The number of hydrogen-bond donors (Lipinski definition) is 1. The van der Waals surface area contributed by atoms with Gasteiger partial charge in [0.2, 0.25) is 0 Å². The molecule has 0 saturated carbocycles. The summed E-state index contributed by atoms with van der Waals surface area (Å²) < 4.78 is 0. The Kier molecular flexibility index (Phi) is 6.06. The number of nitrogens with zero attached hydrogens (tertiary/aromatic N) is 1. The summed E-state index contributed by atoms with van der Waals surface area (Å²) in [6.07, 6.45) is 2.76. The predicted molar refractivity (Wildman–Crippen MR) is 89.1 cm³/mol. The van der Waals surface area contributed by atoms with E-state index in [2.05, 4.69) is 50.0 Å². The van der Waals surface area contributed by atoms with Gasteiger partial charge >= 0.3 is 0 Å². The van der Waals surface area contributed by atoms with Crippen molar-refractivity contribution < 1.29 is 0 Å². The van der Waals surface area contributed by atoms with Crippen molar-refractivity contribution in [1.82, 2.24) is 10.2 Å². The van der Waals surface area contributed by atoms with Crippen LogP contribution < -0.4 is 5.32 Å². The first-order valence-electron chi connectivity index (χ1n) is 8.08. The lowest BCUT2D eigenvalue weighted by Crippen LogP contribution is -2.34. The number of likely N-dealkylation sites (tertiary alicyclic amines) is 1. The molecule has 114 valence electrons. The largest absolute Gasteiger partial charge is 0.310 e. The molecule has 1 aliphatic heterocycles. The Morgan fingerprint density at radius 1 is 1.15 bits per heavy atom. The van der Waals surface area contributed by atoms with Crippen LogP contribution in [-0.4, -0.2) is 24.0 Å². The van der Waals surface area contributed by atoms with E-state index in [9.17, 15) is 0 Å². The fraction of sp³-hybridized carbons (Fsp3) is 0.765. The lowest BCUT2D eigenvalue weighted by atomic mass is 9.87. The van der Waals surface area contributed by atoms with Crippen molar-refractivity contribution in [2.45, 2.75) is 59.7 Å². The molecule has 0 amide bonds. The summed E-state index contributed by atoms with van der Waals surface area (Å²) in [5.41, 5.74) is 0. The van der Waals surface area contributed by atoms with Crippen molar-refractivity contribution in [2.75, 3.05) is 13.1 Å². The number of hydrogen-bond acceptors (Lipinski definition) is 3. The molecule has 0 radical (unpaired) electrons. The van der Waals surface area contributed by atoms with Crippen LogP contribution in [0.5, 0.6) is 0 Å². The molecule has 0 spiro atoms. The number of thiophene rings is 1. The van der Waals surface area contributed by atoms with Crippen LogP contribution in [0.15, 0.2) is 12.1 Å². The highest BCUT2D eigenvalue weighted by Gasteiger charge is 2.21. The Hall–Kier alpha value is -0.380. The van der Waals surface area contributed by atoms with Gasteiger partial charge < -0.3 is 5.32 Å². The van der Waals surface area contributed by atoms with Crippen LogP contribution in [0.2, 0.25) is 0 Å². The van der Waals surface area contributed by atoms with E-state index in [0.717, 1.165) is 24.9 Å². The molecule has 1 aromatic rings. The molecule has 1 N–H and O–H groups in total. The van der Waals surface area contributed by atoms with Gasteiger partial charge in [-0.1, -0.05) is 27.7 Å². The van der Waals surface area contributed by atoms with Crippen molar-refractivity contribution in [1.29, 1.82) is 0 Å². The number of rotatable bonds is 6. The van der Waals surface area contributed by atoms with Gasteiger partial charge in [0, 0.05) is 28.9 Å². The lowest BCUT2D eigenvalue weighted by Gasteiger charge is -2.33. The van der Waals surface area contributed by atoms with Crippen LogP contribution in [0.1, 0.15) is 50.3 Å². The molecule has 2 rings (SSSR count). The molecule has 0 aliphatic carbocycles. The van der Waals surface area contributed by atoms with E-state index in [1.807, 2.05) is 11.3 Å². The van der Waals surface area contributed by atoms with Crippen molar-refractivity contribution in [3.05, 3.63) is 21.9 Å². The van der Waals surface area contributed by atoms with Crippen LogP contribution in [0.4, 0.5) is 0 Å². The maximum absolute atomic E-state index is 3.49. The van der Waals surface area contributed by atoms with E-state index in [0.29, 0.717) is 6.04 Å². The Morgan fingerprint density at radius 2 is 1.80 bits per heavy atom. The smallest absolute Gasteiger partial charge is 0.0328 e. The van der Waals surface area contributed by atoms with Crippen molar-refractivity contribution in [3.8, 4) is 0 Å². The molecule has 2 heterocycles. The van der Waals surface area contributed by atoms with Gasteiger partial charge in [0.1, 0.15) is 0 Å². The van der Waals surface area contributed by atoms with Gasteiger partial charge in [-0.15, -0.1) is 11.3 Å². The summed E-state index contributed by atoms with van der Waals surface area (Å²) >= 11 is 1.97. The van der Waals surface area contributed by atoms with Crippen molar-refractivity contribution in [2.24, 2.45) is 11.8 Å². The maximum Gasteiger partial charge on any atom is 0.0328 e. The van der Waals surface area contributed by atoms with Crippen molar-refractivity contribution in [3.63, 3.8) is 0 Å². The zero-order valence-electron chi connectivity index (χ0n) is 13.5. The van der Waals surface area contributed by atoms with E-state index in [1.54, 1.807) is 0 Å². The van der Waals surface area contributed by atoms with E-state index in [4.69, 9.17) is 0 Å². The molecule has 0 aromatic carbocycles. The van der Waals surface area contributed by atoms with Gasteiger partial charge in [0.15, 0.2) is 0 Å². The molecule has 3 heteroatoms. The Morgan fingerprint density at radius 3 is 2.40 bits per heavy atom. The maximum atomic E-state index is 3.49. The average Bonchev–Trinajstić information content (AvgIpc) is 2.84. The summed E-state index contributed by atoms with van der Waals surface area (Å²) in [5, 5.41) is 3.49. The third kappa shape index (κ3) is 4.87. The summed E-state index contributed by atoms with van der Waals surface area (Å²) in [6, 6.07) is 5.17. The zero-order valence-corrected chi connectivity index (χ0v) is 14.3. The summed E-state index contributed by atoms with van der Waals surface area (Å²) in [5.74, 6) is 1.80. The van der Waals surface area contributed by atoms with E-state index < -0.39 is 0 Å². The molecule has 0 atom stereocenters. The fourth-order valence-corrected chi connectivity index (χ4v) is 3.92. The third-order valence-corrected chi connectivity index (χ3v) is 5.43. The highest BCUT2D eigenvalue weighted by Crippen LogP contribution is 2.26. The van der Waals surface area contributed by atoms with E-state index >= 15 is 0 Å². The highest BCUT2D eigenvalue weighted by molar-refractivity contribution is 7.11. The lowest BCUT2D eigenvalue weighted by molar-refractivity contribution is 0.153. The normalized spacial score (nSPS) is 18.3. The van der Waals surface area contributed by atoms with Gasteiger partial charge in [-0.3, -0.25) is 4.90 Å². The third-order valence-electron chi connectivity index (χ3n) is 4.36. The SMILES string of the molecule is CC(C)NCc1ccc(CN2CCC(C(C)C)CC2)s1. The minimum atomic E-state index is 0.565. The van der Waals surface area contributed by atoms with Gasteiger partial charge in [-0.2, -0.15) is 0 Å². The van der Waals surface area contributed by atoms with E-state index in [1.165, 1.54) is 35.7 Å². The van der Waals surface area contributed by atoms with Gasteiger partial charge in [0.25, 0.3) is 0 Å². The first kappa shape index (κ1) is 16.0. The second-order valence-electron chi connectivity index (χ2n) is 6.76. The Bertz CT molecular complexity index is 389. The van der Waals surface area contributed by atoms with Gasteiger partial charge in [0.05, 0.1) is 0 Å². The van der Waals surface area contributed by atoms with Crippen LogP contribution in [0.25, 0.3) is 0 Å². The monoisotopic (exact) mass is 294 g/mol. The van der Waals surface area contributed by atoms with Crippen molar-refractivity contribution >= 4 is 11.3 Å². The summed E-state index contributed by atoms with van der Waals surface area (Å²) in [6.45, 7) is 13.9. The summed E-state index contributed by atoms with van der Waals surface area (Å²) in [4.78, 5) is 5.61. The van der Waals surface area contributed by atoms with Crippen LogP contribution in [-0.2, 0) is 13.1 Å². The molecular weight excluding hydrogens is 264 g/mol. The van der Waals surface area contributed by atoms with Crippen LogP contribution in [0, 0.1) is 11.8 Å². The Labute approximate surface area is 128 Å². The van der Waals surface area contributed by atoms with Crippen LogP contribution in [0.3, 0.4) is 0 Å². The van der Waals surface area contributed by atoms with E-state index in [-0.39, 0.29) is 0 Å². The van der Waals surface area contributed by atoms with Gasteiger partial charge in [-0.05, 0) is 49.9 Å². The van der Waals surface area contributed by atoms with Gasteiger partial charge in [-0.25, -0.2) is 0 Å². The molecule has 20 heavy (non-hydrogen) atoms. The molecule has 1 aliphatic rings. The molecule has 1 saturated heterocycles. The minimum absolute atomic E-state index is 0.565. The minimum Gasteiger partial charge on any atom is -0.310 e. The second-order valence-corrected chi connectivity index (χ2v) is 8.01. The zero-order chi connectivity index (χ0) is 14.5. The molecular formula is C17H30N2S. The Balaban J connectivity index is 1.77. The molecule has 0 unspecified atom stereocenters. The first-order valence-corrected chi connectivity index (χ1v) is 8.89. The fourth-order valence-electron chi connectivity index (χ4n) is 2.91. The molecule has 1 aromatic heterocycles. The molecule has 2 nitrogen and oxygen atoms in total. The topological polar surface area (TPSA) is 15.3 Å². The first-order chi connectivity index (χ1) is 9.54. The number of nitrogens with one attached hydrogen (secondary N) is 1. The summed E-state index contributed by atoms with van der Waals surface area (Å²) in [7, 11) is 0. The standard InChI is InChI=1S/C17H30N2S/c1-13(2)15-7-9-19(10-8-15)12-17-6-5-16(20-17)11-18-14(3)4/h5-6,13-15,18H,7-12H2,1-4H3. The van der Waals surface area contributed by atoms with Crippen LogP contribution >= 0.6 is 11.3 Å².